The smallest absolute Gasteiger partial charge is 0.301 e. The van der Waals surface area contributed by atoms with Gasteiger partial charge in [-0.2, -0.15) is 0 Å². The lowest BCUT2D eigenvalue weighted by Gasteiger charge is -2.33. The summed E-state index contributed by atoms with van der Waals surface area (Å²) in [6.45, 7) is 18.1. The van der Waals surface area contributed by atoms with Crippen LogP contribution in [0, 0.1) is 0 Å². The molecule has 0 atom stereocenters. The molecule has 0 aromatic heterocycles. The summed E-state index contributed by atoms with van der Waals surface area (Å²) in [5.74, 6) is 2.61. The average molecular weight is 501 g/mol. The highest BCUT2D eigenvalue weighted by molar-refractivity contribution is 7.36. The summed E-state index contributed by atoms with van der Waals surface area (Å²) in [5, 5.41) is 0. The molecule has 1 heterocycles. The first-order valence-corrected chi connectivity index (χ1v) is 15.6. The second-order valence-corrected chi connectivity index (χ2v) is 13.9. The number of hydrogen-bond acceptors (Lipinski definition) is 2. The third-order valence-electron chi connectivity index (χ3n) is 6.26. The predicted molar refractivity (Wildman–Crippen MR) is 149 cm³/mol. The molecule has 0 unspecified atom stereocenters. The number of benzene rings is 2. The van der Waals surface area contributed by atoms with Gasteiger partial charge in [0.05, 0.1) is 11.4 Å². The van der Waals surface area contributed by atoms with E-state index in [9.17, 15) is 0 Å². The summed E-state index contributed by atoms with van der Waals surface area (Å²) in [7, 11) is -1.67. The molecular weight excluding hydrogens is 463 g/mol. The maximum atomic E-state index is 6.48. The second-order valence-electron chi connectivity index (χ2n) is 10.0. The highest BCUT2D eigenvalue weighted by atomic mass is 35.7. The molecule has 5 heteroatoms. The third-order valence-corrected chi connectivity index (χ3v) is 7.39. The molecule has 0 spiro atoms. The SMILES string of the molecule is CC(C)c1cccc(C(C)C)c1N1C=CN(c2c(C(C)C)cccc2C(C)C)C1=C[Si](Cl)Cl. The summed E-state index contributed by atoms with van der Waals surface area (Å²) >= 11 is 13.0. The highest BCUT2D eigenvalue weighted by Crippen LogP contribution is 2.44. The van der Waals surface area contributed by atoms with E-state index in [1.165, 1.54) is 33.6 Å². The Kier molecular flexibility index (Phi) is 8.42. The van der Waals surface area contributed by atoms with Crippen molar-refractivity contribution < 1.29 is 0 Å². The molecule has 2 nitrogen and oxygen atoms in total. The topological polar surface area (TPSA) is 6.48 Å². The summed E-state index contributed by atoms with van der Waals surface area (Å²) in [4.78, 5) is 4.61. The van der Waals surface area contributed by atoms with E-state index in [1.54, 1.807) is 0 Å². The van der Waals surface area contributed by atoms with Gasteiger partial charge in [-0.3, -0.25) is 0 Å². The fourth-order valence-corrected chi connectivity index (χ4v) is 5.66. The fourth-order valence-electron chi connectivity index (χ4n) is 4.60. The number of hydrogen-bond donors (Lipinski definition) is 0. The quantitative estimate of drug-likeness (QED) is 0.276. The van der Waals surface area contributed by atoms with E-state index in [-0.39, 0.29) is 0 Å². The van der Waals surface area contributed by atoms with Gasteiger partial charge in [0.25, 0.3) is 0 Å². The maximum absolute atomic E-state index is 6.48. The zero-order valence-electron chi connectivity index (χ0n) is 21.2. The van der Waals surface area contributed by atoms with Gasteiger partial charge < -0.3 is 9.80 Å². The number of halogens is 2. The molecule has 0 fully saturated rings. The van der Waals surface area contributed by atoms with Crippen LogP contribution in [-0.2, 0) is 0 Å². The standard InChI is InChI=1S/C28H37Cl2N2Si/c1-18(2)22-11-9-12-23(19(3)4)27(22)31-15-16-32(26(31)17-33(29)30)28-24(20(5)6)13-10-14-25(28)21(7)8/h9-21H,1-8H3. The van der Waals surface area contributed by atoms with Gasteiger partial charge in [0.2, 0.25) is 0 Å². The molecule has 0 amide bonds. The first kappa shape index (κ1) is 25.9. The molecule has 2 aromatic rings. The van der Waals surface area contributed by atoms with Crippen LogP contribution in [0.5, 0.6) is 0 Å². The van der Waals surface area contributed by atoms with Crippen LogP contribution in [0.1, 0.15) is 101 Å². The molecule has 0 aliphatic carbocycles. The van der Waals surface area contributed by atoms with E-state index in [4.69, 9.17) is 22.2 Å². The average Bonchev–Trinajstić information content (AvgIpc) is 3.14. The van der Waals surface area contributed by atoms with Crippen molar-refractivity contribution in [1.82, 2.24) is 0 Å². The Hall–Kier alpha value is -1.68. The summed E-state index contributed by atoms with van der Waals surface area (Å²) in [6.07, 6.45) is 4.36. The minimum Gasteiger partial charge on any atom is -0.301 e. The Bertz CT molecular complexity index is 910. The lowest BCUT2D eigenvalue weighted by Crippen LogP contribution is -2.27. The van der Waals surface area contributed by atoms with Crippen molar-refractivity contribution in [1.29, 1.82) is 0 Å². The Labute approximate surface area is 211 Å². The minimum atomic E-state index is -1.67. The van der Waals surface area contributed by atoms with Crippen LogP contribution < -0.4 is 9.80 Å². The van der Waals surface area contributed by atoms with Gasteiger partial charge in [-0.05, 0) is 51.6 Å². The van der Waals surface area contributed by atoms with Crippen molar-refractivity contribution in [3.05, 3.63) is 82.6 Å². The van der Waals surface area contributed by atoms with Gasteiger partial charge in [-0.15, -0.1) is 22.2 Å². The molecule has 0 bridgehead atoms. The molecular formula is C28H37Cl2N2Si. The number of rotatable bonds is 7. The van der Waals surface area contributed by atoms with Crippen LogP contribution in [0.15, 0.2) is 60.3 Å². The van der Waals surface area contributed by atoms with Crippen LogP contribution in [-0.4, -0.2) is 7.42 Å². The molecule has 177 valence electrons. The molecule has 1 radical (unpaired) electrons. The van der Waals surface area contributed by atoms with Crippen molar-refractivity contribution in [3.8, 4) is 0 Å². The van der Waals surface area contributed by atoms with Crippen LogP contribution >= 0.6 is 22.2 Å². The van der Waals surface area contributed by atoms with Gasteiger partial charge in [-0.25, -0.2) is 0 Å². The predicted octanol–water partition coefficient (Wildman–Crippen LogP) is 9.32. The first-order valence-electron chi connectivity index (χ1n) is 12.0. The largest absolute Gasteiger partial charge is 0.303 e. The van der Waals surface area contributed by atoms with E-state index >= 15 is 0 Å². The van der Waals surface area contributed by atoms with E-state index in [2.05, 4.69) is 120 Å². The van der Waals surface area contributed by atoms with Crippen molar-refractivity contribution in [2.75, 3.05) is 9.80 Å². The van der Waals surface area contributed by atoms with Gasteiger partial charge in [0.15, 0.2) is 0 Å². The minimum absolute atomic E-state index is 0.397. The Balaban J connectivity index is 2.27. The number of anilines is 2. The molecule has 0 N–H and O–H groups in total. The summed E-state index contributed by atoms with van der Waals surface area (Å²) in [6, 6.07) is 13.3. The molecule has 0 saturated heterocycles. The zero-order chi connectivity index (χ0) is 24.4. The molecule has 2 aromatic carbocycles. The van der Waals surface area contributed by atoms with Gasteiger partial charge in [0.1, 0.15) is 5.82 Å². The summed E-state index contributed by atoms with van der Waals surface area (Å²) in [5.41, 5.74) is 9.87. The van der Waals surface area contributed by atoms with E-state index in [0.29, 0.717) is 23.7 Å². The molecule has 1 aliphatic rings. The van der Waals surface area contributed by atoms with Crippen molar-refractivity contribution in [2.24, 2.45) is 0 Å². The van der Waals surface area contributed by atoms with E-state index in [0.717, 1.165) is 5.82 Å². The number of para-hydroxylation sites is 2. The third kappa shape index (κ3) is 5.36. The summed E-state index contributed by atoms with van der Waals surface area (Å²) < 4.78 is 0. The second kappa shape index (κ2) is 10.7. The first-order chi connectivity index (χ1) is 15.5. The highest BCUT2D eigenvalue weighted by Gasteiger charge is 2.31. The van der Waals surface area contributed by atoms with Crippen molar-refractivity contribution >= 4 is 40.9 Å². The Morgan fingerprint density at radius 2 is 0.909 bits per heavy atom. The molecule has 0 saturated carbocycles. The lowest BCUT2D eigenvalue weighted by atomic mass is 9.91. The van der Waals surface area contributed by atoms with E-state index in [1.807, 2.05) is 0 Å². The van der Waals surface area contributed by atoms with Crippen molar-refractivity contribution in [2.45, 2.75) is 79.1 Å². The van der Waals surface area contributed by atoms with Crippen molar-refractivity contribution in [3.63, 3.8) is 0 Å². The van der Waals surface area contributed by atoms with E-state index < -0.39 is 7.42 Å². The monoisotopic (exact) mass is 499 g/mol. The van der Waals surface area contributed by atoms with Gasteiger partial charge in [-0.1, -0.05) is 91.8 Å². The van der Waals surface area contributed by atoms with Crippen LogP contribution in [0.3, 0.4) is 0 Å². The van der Waals surface area contributed by atoms with Gasteiger partial charge >= 0.3 is 7.42 Å². The Morgan fingerprint density at radius 1 is 0.606 bits per heavy atom. The normalized spacial score (nSPS) is 14.2. The lowest BCUT2D eigenvalue weighted by molar-refractivity contribution is 0.820. The van der Waals surface area contributed by atoms with Crippen LogP contribution in [0.2, 0.25) is 0 Å². The fraction of sp³-hybridized carbons (Fsp3) is 0.429. The molecule has 3 rings (SSSR count). The van der Waals surface area contributed by atoms with Gasteiger partial charge in [0, 0.05) is 12.4 Å². The zero-order valence-corrected chi connectivity index (χ0v) is 23.7. The van der Waals surface area contributed by atoms with Crippen LogP contribution in [0.25, 0.3) is 0 Å². The molecule has 1 aliphatic heterocycles. The van der Waals surface area contributed by atoms with Crippen LogP contribution in [0.4, 0.5) is 11.4 Å². The maximum Gasteiger partial charge on any atom is 0.303 e. The molecule has 33 heavy (non-hydrogen) atoms. The Morgan fingerprint density at radius 3 is 1.15 bits per heavy atom. The number of nitrogens with zero attached hydrogens (tertiary/aromatic N) is 2.